The Morgan fingerprint density at radius 1 is 1.21 bits per heavy atom. The smallest absolute Gasteiger partial charge is 0.340 e. The summed E-state index contributed by atoms with van der Waals surface area (Å²) in [6.45, 7) is 3.58. The maximum absolute atomic E-state index is 12.6. The fourth-order valence-corrected chi connectivity index (χ4v) is 5.07. The number of aryl methyl sites for hydroxylation is 1. The Morgan fingerprint density at radius 3 is 2.65 bits per heavy atom. The number of amides is 2. The molecule has 0 aliphatic carbocycles. The fourth-order valence-electron chi connectivity index (χ4n) is 3.84. The number of nitrogens with zero attached hydrogens (tertiary/aromatic N) is 2. The minimum absolute atomic E-state index is 0.196. The average molecular weight is 502 g/mol. The number of benzene rings is 2. The lowest BCUT2D eigenvalue weighted by molar-refractivity contribution is -0.140. The van der Waals surface area contributed by atoms with Gasteiger partial charge in [-0.25, -0.2) is 9.80 Å². The first-order valence-corrected chi connectivity index (χ1v) is 12.1. The molecule has 10 heteroatoms. The lowest BCUT2D eigenvalue weighted by Gasteiger charge is -2.24. The Morgan fingerprint density at radius 2 is 1.94 bits per heavy atom. The van der Waals surface area contributed by atoms with Crippen LogP contribution in [0.1, 0.15) is 33.9 Å². The van der Waals surface area contributed by atoms with Crippen molar-refractivity contribution in [1.29, 1.82) is 0 Å². The maximum atomic E-state index is 12.6. The zero-order valence-corrected chi connectivity index (χ0v) is 20.5. The summed E-state index contributed by atoms with van der Waals surface area (Å²) in [7, 11) is 1.87. The number of hydrazine groups is 1. The number of carbonyl (C=O) groups excluding carboxylic acids is 3. The molecule has 0 saturated carbocycles. The normalized spacial score (nSPS) is 15.6. The van der Waals surface area contributed by atoms with E-state index in [-0.39, 0.29) is 30.2 Å². The molecule has 1 aliphatic heterocycles. The molecule has 2 amide bonds. The van der Waals surface area contributed by atoms with Gasteiger partial charge in [-0.05, 0) is 49.7 Å². The van der Waals surface area contributed by atoms with Crippen molar-refractivity contribution in [2.45, 2.75) is 19.2 Å². The van der Waals surface area contributed by atoms with Gasteiger partial charge in [-0.2, -0.15) is 0 Å². The van der Waals surface area contributed by atoms with E-state index in [9.17, 15) is 14.4 Å². The molecular formula is C24H24ClN3O5S. The van der Waals surface area contributed by atoms with E-state index in [4.69, 9.17) is 21.1 Å². The molecule has 1 N–H and O–H groups in total. The molecular weight excluding hydrogens is 478 g/mol. The van der Waals surface area contributed by atoms with Gasteiger partial charge in [0, 0.05) is 28.7 Å². The minimum Gasteiger partial charge on any atom is -0.484 e. The number of carbonyl (C=O) groups is 3. The molecule has 34 heavy (non-hydrogen) atoms. The van der Waals surface area contributed by atoms with E-state index in [1.807, 2.05) is 36.7 Å². The van der Waals surface area contributed by atoms with Crippen LogP contribution in [0.3, 0.4) is 0 Å². The molecule has 4 rings (SSSR count). The van der Waals surface area contributed by atoms with E-state index in [1.54, 1.807) is 31.2 Å². The van der Waals surface area contributed by atoms with Crippen LogP contribution in [0.15, 0.2) is 42.5 Å². The summed E-state index contributed by atoms with van der Waals surface area (Å²) in [5.74, 6) is -0.382. The molecule has 1 aliphatic rings. The number of hydrogen-bond acceptors (Lipinski definition) is 6. The van der Waals surface area contributed by atoms with E-state index >= 15 is 0 Å². The topological polar surface area (TPSA) is 89.9 Å². The maximum Gasteiger partial charge on any atom is 0.340 e. The summed E-state index contributed by atoms with van der Waals surface area (Å²) in [6, 6.07) is 12.4. The molecule has 1 atom stereocenters. The monoisotopic (exact) mass is 501 g/mol. The van der Waals surface area contributed by atoms with Crippen molar-refractivity contribution >= 4 is 52.0 Å². The highest BCUT2D eigenvalue weighted by atomic mass is 35.5. The van der Waals surface area contributed by atoms with Crippen LogP contribution in [-0.4, -0.2) is 46.3 Å². The summed E-state index contributed by atoms with van der Waals surface area (Å²) in [5.41, 5.74) is 5.61. The second kappa shape index (κ2) is 9.99. The van der Waals surface area contributed by atoms with Crippen molar-refractivity contribution in [2.75, 3.05) is 19.0 Å². The predicted octanol–water partition coefficient (Wildman–Crippen LogP) is 4.00. The molecule has 2 aromatic carbocycles. The van der Waals surface area contributed by atoms with Gasteiger partial charge in [-0.15, -0.1) is 11.8 Å². The van der Waals surface area contributed by atoms with E-state index in [1.165, 1.54) is 16.8 Å². The Balaban J connectivity index is 1.46. The number of aromatic nitrogens is 1. The van der Waals surface area contributed by atoms with Gasteiger partial charge in [0.15, 0.2) is 6.61 Å². The van der Waals surface area contributed by atoms with Gasteiger partial charge in [0.05, 0.1) is 17.9 Å². The molecule has 3 aromatic rings. The van der Waals surface area contributed by atoms with Crippen LogP contribution in [0.25, 0.3) is 10.9 Å². The molecule has 0 radical (unpaired) electrons. The highest BCUT2D eigenvalue weighted by Gasteiger charge is 2.34. The van der Waals surface area contributed by atoms with Crippen LogP contribution in [0.5, 0.6) is 5.75 Å². The van der Waals surface area contributed by atoms with Gasteiger partial charge in [0.25, 0.3) is 11.8 Å². The summed E-state index contributed by atoms with van der Waals surface area (Å²) in [6.07, 6.45) is 0. The van der Waals surface area contributed by atoms with Gasteiger partial charge in [0.2, 0.25) is 0 Å². The SMILES string of the molecule is CCOC(=O)c1c(C)n(C)c2ccc(OCC(=O)NN3C(=O)CS[C@@H]3c3ccc(Cl)cc3)cc12. The van der Waals surface area contributed by atoms with Crippen LogP contribution in [0, 0.1) is 6.92 Å². The average Bonchev–Trinajstić information content (AvgIpc) is 3.29. The van der Waals surface area contributed by atoms with E-state index in [0.717, 1.165) is 16.8 Å². The third-order valence-corrected chi connectivity index (χ3v) is 7.05. The highest BCUT2D eigenvalue weighted by molar-refractivity contribution is 8.00. The first kappa shape index (κ1) is 24.0. The third-order valence-electron chi connectivity index (χ3n) is 5.58. The number of ether oxygens (including phenoxy) is 2. The lowest BCUT2D eigenvalue weighted by Crippen LogP contribution is -2.46. The summed E-state index contributed by atoms with van der Waals surface area (Å²) in [5, 5.41) is 2.26. The largest absolute Gasteiger partial charge is 0.484 e. The third kappa shape index (κ3) is 4.71. The van der Waals surface area contributed by atoms with Crippen molar-refractivity contribution in [1.82, 2.24) is 15.0 Å². The van der Waals surface area contributed by atoms with Gasteiger partial charge in [-0.3, -0.25) is 15.0 Å². The minimum atomic E-state index is -0.468. The summed E-state index contributed by atoms with van der Waals surface area (Å²) < 4.78 is 12.8. The van der Waals surface area contributed by atoms with Crippen LogP contribution < -0.4 is 10.2 Å². The summed E-state index contributed by atoms with van der Waals surface area (Å²) in [4.78, 5) is 37.4. The van der Waals surface area contributed by atoms with E-state index < -0.39 is 11.9 Å². The molecule has 1 saturated heterocycles. The molecule has 0 bridgehead atoms. The molecule has 8 nitrogen and oxygen atoms in total. The quantitative estimate of drug-likeness (QED) is 0.492. The Bertz CT molecular complexity index is 1260. The van der Waals surface area contributed by atoms with Crippen molar-refractivity contribution in [3.8, 4) is 5.75 Å². The number of thioether (sulfide) groups is 1. The van der Waals surface area contributed by atoms with Crippen LogP contribution in [-0.2, 0) is 21.4 Å². The fraction of sp³-hybridized carbons (Fsp3) is 0.292. The second-order valence-electron chi connectivity index (χ2n) is 7.72. The molecule has 178 valence electrons. The van der Waals surface area contributed by atoms with Crippen molar-refractivity contribution in [2.24, 2.45) is 7.05 Å². The second-order valence-corrected chi connectivity index (χ2v) is 9.23. The number of hydrogen-bond donors (Lipinski definition) is 1. The van der Waals surface area contributed by atoms with Crippen LogP contribution >= 0.6 is 23.4 Å². The number of halogens is 1. The highest BCUT2D eigenvalue weighted by Crippen LogP contribution is 2.37. The van der Waals surface area contributed by atoms with Crippen LogP contribution in [0.4, 0.5) is 0 Å². The number of rotatable bonds is 7. The van der Waals surface area contributed by atoms with E-state index in [2.05, 4.69) is 5.43 Å². The van der Waals surface area contributed by atoms with Crippen molar-refractivity contribution in [3.05, 3.63) is 64.3 Å². The number of nitrogens with one attached hydrogen (secondary N) is 1. The lowest BCUT2D eigenvalue weighted by atomic mass is 10.1. The Kier molecular flexibility index (Phi) is 7.04. The molecule has 1 fully saturated rings. The standard InChI is InChI=1S/C24H24ClN3O5S/c1-4-32-24(31)22-14(2)27(3)19-10-9-17(11-18(19)22)33-12-20(29)26-28-21(30)13-34-23(28)15-5-7-16(25)8-6-15/h5-11,23H,4,12-13H2,1-3H3,(H,26,29)/t23-/m1/s1. The zero-order valence-electron chi connectivity index (χ0n) is 19.0. The zero-order chi connectivity index (χ0) is 24.4. The van der Waals surface area contributed by atoms with Gasteiger partial charge >= 0.3 is 5.97 Å². The predicted molar refractivity (Wildman–Crippen MR) is 131 cm³/mol. The Labute approximate surface area is 206 Å². The number of fused-ring (bicyclic) bond motifs is 1. The number of esters is 1. The van der Waals surface area contributed by atoms with Gasteiger partial charge in [0.1, 0.15) is 11.1 Å². The van der Waals surface area contributed by atoms with Crippen molar-refractivity contribution in [3.63, 3.8) is 0 Å². The molecule has 2 heterocycles. The molecule has 0 spiro atoms. The van der Waals surface area contributed by atoms with Gasteiger partial charge in [-0.1, -0.05) is 23.7 Å². The first-order valence-electron chi connectivity index (χ1n) is 10.7. The Hall–Kier alpha value is -3.17. The molecule has 1 aromatic heterocycles. The van der Waals surface area contributed by atoms with E-state index in [0.29, 0.717) is 21.7 Å². The summed E-state index contributed by atoms with van der Waals surface area (Å²) >= 11 is 7.37. The van der Waals surface area contributed by atoms with Crippen molar-refractivity contribution < 1.29 is 23.9 Å². The molecule has 0 unspecified atom stereocenters. The first-order chi connectivity index (χ1) is 16.3. The van der Waals surface area contributed by atoms with Crippen LogP contribution in [0.2, 0.25) is 5.02 Å². The van der Waals surface area contributed by atoms with Gasteiger partial charge < -0.3 is 14.0 Å².